The van der Waals surface area contributed by atoms with Crippen molar-refractivity contribution in [2.24, 2.45) is 0 Å². The van der Waals surface area contributed by atoms with Crippen molar-refractivity contribution in [1.82, 2.24) is 4.90 Å². The second kappa shape index (κ2) is 6.45. The monoisotopic (exact) mass is 311 g/mol. The SMILES string of the molecule is COC1CCN(CC(=O)c2ccc(Br)cc2)CC1. The van der Waals surface area contributed by atoms with E-state index >= 15 is 0 Å². The van der Waals surface area contributed by atoms with Gasteiger partial charge in [0.15, 0.2) is 5.78 Å². The third kappa shape index (κ3) is 3.64. The zero-order valence-corrected chi connectivity index (χ0v) is 12.1. The molecule has 4 heteroatoms. The quantitative estimate of drug-likeness (QED) is 0.801. The molecule has 18 heavy (non-hydrogen) atoms. The average molecular weight is 312 g/mol. The molecule has 0 unspecified atom stereocenters. The summed E-state index contributed by atoms with van der Waals surface area (Å²) in [6.45, 7) is 2.40. The molecule has 0 aliphatic carbocycles. The van der Waals surface area contributed by atoms with Gasteiger partial charge in [-0.25, -0.2) is 0 Å². The van der Waals surface area contributed by atoms with E-state index in [1.54, 1.807) is 7.11 Å². The first-order valence-electron chi connectivity index (χ1n) is 6.23. The molecule has 0 atom stereocenters. The minimum atomic E-state index is 0.193. The van der Waals surface area contributed by atoms with Gasteiger partial charge in [-0.15, -0.1) is 0 Å². The number of benzene rings is 1. The summed E-state index contributed by atoms with van der Waals surface area (Å²) in [5.74, 6) is 0.193. The third-order valence-corrected chi connectivity index (χ3v) is 3.93. The molecule has 1 aromatic carbocycles. The Morgan fingerprint density at radius 3 is 2.50 bits per heavy atom. The lowest BCUT2D eigenvalue weighted by molar-refractivity contribution is 0.0401. The highest BCUT2D eigenvalue weighted by molar-refractivity contribution is 9.10. The maximum Gasteiger partial charge on any atom is 0.176 e. The number of ketones is 1. The van der Waals surface area contributed by atoms with Gasteiger partial charge in [0, 0.05) is 30.2 Å². The number of likely N-dealkylation sites (tertiary alicyclic amines) is 1. The molecule has 0 bridgehead atoms. The van der Waals surface area contributed by atoms with E-state index < -0.39 is 0 Å². The number of methoxy groups -OCH3 is 1. The number of hydrogen-bond acceptors (Lipinski definition) is 3. The van der Waals surface area contributed by atoms with E-state index in [1.807, 2.05) is 24.3 Å². The molecule has 1 aliphatic rings. The van der Waals surface area contributed by atoms with Crippen molar-refractivity contribution in [3.05, 3.63) is 34.3 Å². The topological polar surface area (TPSA) is 29.5 Å². The molecule has 1 heterocycles. The van der Waals surface area contributed by atoms with Crippen molar-refractivity contribution < 1.29 is 9.53 Å². The van der Waals surface area contributed by atoms with Crippen molar-refractivity contribution in [3.8, 4) is 0 Å². The van der Waals surface area contributed by atoms with Crippen LogP contribution in [0.5, 0.6) is 0 Å². The number of carbonyl (C=O) groups excluding carboxylic acids is 1. The van der Waals surface area contributed by atoms with Gasteiger partial charge in [-0.1, -0.05) is 28.1 Å². The fraction of sp³-hybridized carbons (Fsp3) is 0.500. The summed E-state index contributed by atoms with van der Waals surface area (Å²) in [6.07, 6.45) is 2.40. The summed E-state index contributed by atoms with van der Waals surface area (Å²) >= 11 is 3.37. The van der Waals surface area contributed by atoms with Gasteiger partial charge >= 0.3 is 0 Å². The fourth-order valence-electron chi connectivity index (χ4n) is 2.23. The highest BCUT2D eigenvalue weighted by Gasteiger charge is 2.20. The van der Waals surface area contributed by atoms with Crippen LogP contribution in [-0.4, -0.2) is 43.5 Å². The Labute approximate surface area is 116 Å². The van der Waals surface area contributed by atoms with Crippen LogP contribution in [-0.2, 0) is 4.74 Å². The van der Waals surface area contributed by atoms with Crippen LogP contribution in [0.2, 0.25) is 0 Å². The highest BCUT2D eigenvalue weighted by Crippen LogP contribution is 2.15. The van der Waals surface area contributed by atoms with Crippen molar-refractivity contribution in [2.75, 3.05) is 26.7 Å². The number of halogens is 1. The smallest absolute Gasteiger partial charge is 0.176 e. The van der Waals surface area contributed by atoms with Crippen LogP contribution in [0.25, 0.3) is 0 Å². The molecular weight excluding hydrogens is 294 g/mol. The van der Waals surface area contributed by atoms with Crippen LogP contribution < -0.4 is 0 Å². The average Bonchev–Trinajstić information content (AvgIpc) is 2.40. The molecule has 0 N–H and O–H groups in total. The Bertz CT molecular complexity index is 397. The zero-order chi connectivity index (χ0) is 13.0. The van der Waals surface area contributed by atoms with Gasteiger partial charge in [0.05, 0.1) is 12.6 Å². The number of rotatable bonds is 4. The maximum atomic E-state index is 12.1. The second-order valence-electron chi connectivity index (χ2n) is 4.64. The number of nitrogens with zero attached hydrogens (tertiary/aromatic N) is 1. The largest absolute Gasteiger partial charge is 0.381 e. The molecule has 0 saturated carbocycles. The lowest BCUT2D eigenvalue weighted by Gasteiger charge is -2.30. The van der Waals surface area contributed by atoms with Crippen molar-refractivity contribution in [2.45, 2.75) is 18.9 Å². The Morgan fingerprint density at radius 1 is 1.33 bits per heavy atom. The first-order chi connectivity index (χ1) is 8.69. The number of carbonyl (C=O) groups is 1. The van der Waals surface area contributed by atoms with Gasteiger partial charge in [0.25, 0.3) is 0 Å². The number of piperidine rings is 1. The molecule has 1 fully saturated rings. The summed E-state index contributed by atoms with van der Waals surface area (Å²) < 4.78 is 6.33. The third-order valence-electron chi connectivity index (χ3n) is 3.40. The summed E-state index contributed by atoms with van der Waals surface area (Å²) in [7, 11) is 1.76. The summed E-state index contributed by atoms with van der Waals surface area (Å²) in [5.41, 5.74) is 0.784. The zero-order valence-electron chi connectivity index (χ0n) is 10.6. The molecule has 3 nitrogen and oxygen atoms in total. The van der Waals surface area contributed by atoms with Crippen LogP contribution in [0.3, 0.4) is 0 Å². The minimum Gasteiger partial charge on any atom is -0.381 e. The van der Waals surface area contributed by atoms with E-state index in [0.29, 0.717) is 12.6 Å². The molecule has 1 saturated heterocycles. The molecule has 0 amide bonds. The Balaban J connectivity index is 1.86. The molecule has 0 spiro atoms. The van der Waals surface area contributed by atoms with Gasteiger partial charge in [-0.3, -0.25) is 9.69 Å². The molecule has 98 valence electrons. The first-order valence-corrected chi connectivity index (χ1v) is 7.02. The van der Waals surface area contributed by atoms with Gasteiger partial charge in [0.1, 0.15) is 0 Å². The van der Waals surface area contributed by atoms with Gasteiger partial charge in [0.2, 0.25) is 0 Å². The van der Waals surface area contributed by atoms with Gasteiger partial charge < -0.3 is 4.74 Å². The number of ether oxygens (including phenoxy) is 1. The number of hydrogen-bond donors (Lipinski definition) is 0. The van der Waals surface area contributed by atoms with Crippen molar-refractivity contribution >= 4 is 21.7 Å². The van der Waals surface area contributed by atoms with E-state index in [1.165, 1.54) is 0 Å². The second-order valence-corrected chi connectivity index (χ2v) is 5.56. The van der Waals surface area contributed by atoms with E-state index in [2.05, 4.69) is 20.8 Å². The standard InChI is InChI=1S/C14H18BrNO2/c1-18-13-6-8-16(9-7-13)10-14(17)11-2-4-12(15)5-3-11/h2-5,13H,6-10H2,1H3. The summed E-state index contributed by atoms with van der Waals surface area (Å²) in [4.78, 5) is 14.3. The van der Waals surface area contributed by atoms with E-state index in [-0.39, 0.29) is 5.78 Å². The van der Waals surface area contributed by atoms with Crippen molar-refractivity contribution in [3.63, 3.8) is 0 Å². The molecule has 1 aliphatic heterocycles. The number of Topliss-reactive ketones (excluding diaryl/α,β-unsaturated/α-hetero) is 1. The first kappa shape index (κ1) is 13.7. The Morgan fingerprint density at radius 2 is 1.94 bits per heavy atom. The Hall–Kier alpha value is -0.710. The lowest BCUT2D eigenvalue weighted by Crippen LogP contribution is -2.39. The molecule has 0 radical (unpaired) electrons. The van der Waals surface area contributed by atoms with E-state index in [4.69, 9.17) is 4.74 Å². The van der Waals surface area contributed by atoms with Crippen LogP contribution >= 0.6 is 15.9 Å². The summed E-state index contributed by atoms with van der Waals surface area (Å²) in [5, 5.41) is 0. The molecule has 0 aromatic heterocycles. The molecule has 2 rings (SSSR count). The summed E-state index contributed by atoms with van der Waals surface area (Å²) in [6, 6.07) is 7.55. The van der Waals surface area contributed by atoms with E-state index in [0.717, 1.165) is 36.0 Å². The minimum absolute atomic E-state index is 0.193. The van der Waals surface area contributed by atoms with Gasteiger partial charge in [-0.2, -0.15) is 0 Å². The van der Waals surface area contributed by atoms with Crippen LogP contribution in [0.4, 0.5) is 0 Å². The molecule has 1 aromatic rings. The van der Waals surface area contributed by atoms with E-state index in [9.17, 15) is 4.79 Å². The van der Waals surface area contributed by atoms with Crippen molar-refractivity contribution in [1.29, 1.82) is 0 Å². The Kier molecular flexibility index (Phi) is 4.92. The maximum absolute atomic E-state index is 12.1. The highest BCUT2D eigenvalue weighted by atomic mass is 79.9. The van der Waals surface area contributed by atoms with Crippen LogP contribution in [0.15, 0.2) is 28.7 Å². The van der Waals surface area contributed by atoms with Crippen LogP contribution in [0, 0.1) is 0 Å². The predicted octanol–water partition coefficient (Wildman–Crippen LogP) is 2.74. The predicted molar refractivity (Wildman–Crippen MR) is 74.9 cm³/mol. The van der Waals surface area contributed by atoms with Gasteiger partial charge in [-0.05, 0) is 25.0 Å². The molecular formula is C14H18BrNO2. The lowest BCUT2D eigenvalue weighted by atomic mass is 10.1. The normalized spacial score (nSPS) is 17.9. The fourth-order valence-corrected chi connectivity index (χ4v) is 2.50. The van der Waals surface area contributed by atoms with Crippen LogP contribution in [0.1, 0.15) is 23.2 Å².